The topological polar surface area (TPSA) is 80.7 Å². The summed E-state index contributed by atoms with van der Waals surface area (Å²) in [5.74, 6) is -0.523. The number of guanidine groups is 1. The molecule has 1 heterocycles. The first-order valence-corrected chi connectivity index (χ1v) is 8.77. The number of nitrogens with two attached hydrogens (primary N) is 1. The number of carbonyl (C=O) groups is 2. The second-order valence-corrected chi connectivity index (χ2v) is 6.90. The third-order valence-corrected chi connectivity index (χ3v) is 4.89. The van der Waals surface area contributed by atoms with Crippen LogP contribution >= 0.6 is 15.9 Å². The smallest absolute Gasteiger partial charge is 0.216 e. The standard InChI is InChI=1S/C18H19BrF2N4O2/c1-18(23-17(22)24(2)11-27,12-3-4-16(21)15(19)8-12)13-7-14(10-26)25(9-13)6-5-20/h3-4,7-11H,5-6H2,1-2H3,(H2,22,23). The molecule has 9 heteroatoms. The van der Waals surface area contributed by atoms with E-state index in [1.807, 2.05) is 0 Å². The predicted octanol–water partition coefficient (Wildman–Crippen LogP) is 2.84. The highest BCUT2D eigenvalue weighted by molar-refractivity contribution is 9.10. The summed E-state index contributed by atoms with van der Waals surface area (Å²) in [5, 5.41) is 0. The minimum Gasteiger partial charge on any atom is -0.369 e. The van der Waals surface area contributed by atoms with Gasteiger partial charge in [-0.05, 0) is 46.6 Å². The maximum atomic E-state index is 13.7. The molecule has 2 aromatic rings. The molecule has 0 fully saturated rings. The molecule has 1 unspecified atom stereocenters. The molecule has 1 aromatic carbocycles. The fourth-order valence-corrected chi connectivity index (χ4v) is 3.01. The molecule has 144 valence electrons. The van der Waals surface area contributed by atoms with E-state index < -0.39 is 18.0 Å². The lowest BCUT2D eigenvalue weighted by atomic mass is 9.86. The van der Waals surface area contributed by atoms with Crippen LogP contribution in [0.15, 0.2) is 39.9 Å². The van der Waals surface area contributed by atoms with Crippen molar-refractivity contribution >= 4 is 34.6 Å². The van der Waals surface area contributed by atoms with E-state index >= 15 is 0 Å². The zero-order valence-corrected chi connectivity index (χ0v) is 16.4. The predicted molar refractivity (Wildman–Crippen MR) is 102 cm³/mol. The van der Waals surface area contributed by atoms with Crippen molar-refractivity contribution in [3.63, 3.8) is 0 Å². The zero-order valence-electron chi connectivity index (χ0n) is 14.8. The van der Waals surface area contributed by atoms with Crippen molar-refractivity contribution in [2.24, 2.45) is 10.7 Å². The normalized spacial score (nSPS) is 13.9. The molecule has 1 aromatic heterocycles. The highest BCUT2D eigenvalue weighted by Gasteiger charge is 2.32. The van der Waals surface area contributed by atoms with Gasteiger partial charge in [-0.25, -0.2) is 13.8 Å². The number of alkyl halides is 1. The van der Waals surface area contributed by atoms with Gasteiger partial charge in [0.25, 0.3) is 0 Å². The molecule has 0 spiro atoms. The number of aliphatic imine (C=N–C) groups is 1. The second-order valence-electron chi connectivity index (χ2n) is 6.04. The van der Waals surface area contributed by atoms with Gasteiger partial charge < -0.3 is 10.3 Å². The number of aromatic nitrogens is 1. The molecule has 0 aliphatic heterocycles. The minimum absolute atomic E-state index is 0.00467. The van der Waals surface area contributed by atoms with Crippen LogP contribution in [0.5, 0.6) is 0 Å². The maximum Gasteiger partial charge on any atom is 0.216 e. The Kier molecular flexibility index (Phi) is 6.48. The number of benzene rings is 1. The van der Waals surface area contributed by atoms with Gasteiger partial charge in [-0.15, -0.1) is 0 Å². The van der Waals surface area contributed by atoms with Crippen LogP contribution in [0.1, 0.15) is 28.5 Å². The van der Waals surface area contributed by atoms with Crippen molar-refractivity contribution in [3.8, 4) is 0 Å². The molecule has 0 bridgehead atoms. The van der Waals surface area contributed by atoms with E-state index in [1.165, 1.54) is 23.7 Å². The molecule has 0 aliphatic rings. The number of aldehydes is 1. The average molecular weight is 441 g/mol. The first kappa shape index (κ1) is 20.8. The Bertz CT molecular complexity index is 884. The van der Waals surface area contributed by atoms with Gasteiger partial charge in [0, 0.05) is 18.8 Å². The Balaban J connectivity index is 2.71. The second kappa shape index (κ2) is 8.43. The van der Waals surface area contributed by atoms with Crippen LogP contribution in [0.4, 0.5) is 8.78 Å². The van der Waals surface area contributed by atoms with E-state index in [-0.39, 0.29) is 22.7 Å². The molecule has 1 amide bonds. The van der Waals surface area contributed by atoms with Crippen molar-refractivity contribution in [1.82, 2.24) is 9.47 Å². The third-order valence-electron chi connectivity index (χ3n) is 4.28. The van der Waals surface area contributed by atoms with Gasteiger partial charge in [-0.2, -0.15) is 0 Å². The molecule has 2 rings (SSSR count). The third kappa shape index (κ3) is 4.24. The van der Waals surface area contributed by atoms with Gasteiger partial charge in [0.1, 0.15) is 18.0 Å². The number of hydrogen-bond donors (Lipinski definition) is 1. The van der Waals surface area contributed by atoms with Gasteiger partial charge in [-0.3, -0.25) is 14.5 Å². The highest BCUT2D eigenvalue weighted by atomic mass is 79.9. The van der Waals surface area contributed by atoms with E-state index in [9.17, 15) is 18.4 Å². The Morgan fingerprint density at radius 2 is 2.07 bits per heavy atom. The monoisotopic (exact) mass is 440 g/mol. The van der Waals surface area contributed by atoms with Crippen molar-refractivity contribution in [3.05, 3.63) is 57.6 Å². The molecule has 6 nitrogen and oxygen atoms in total. The molecule has 2 N–H and O–H groups in total. The van der Waals surface area contributed by atoms with E-state index in [0.29, 0.717) is 23.8 Å². The first-order chi connectivity index (χ1) is 12.8. The maximum absolute atomic E-state index is 13.7. The van der Waals surface area contributed by atoms with Crippen LogP contribution in [0.25, 0.3) is 0 Å². The number of nitrogens with zero attached hydrogens (tertiary/aromatic N) is 3. The van der Waals surface area contributed by atoms with Gasteiger partial charge in [0.2, 0.25) is 6.41 Å². The van der Waals surface area contributed by atoms with E-state index in [4.69, 9.17) is 5.73 Å². The Labute approximate surface area is 163 Å². The molecule has 0 radical (unpaired) electrons. The average Bonchev–Trinajstić information content (AvgIpc) is 3.07. The SMILES string of the molecule is CN(C=O)C(N)=NC(C)(c1ccc(F)c(Br)c1)c1cc(C=O)n(CCF)c1. The van der Waals surface area contributed by atoms with E-state index in [2.05, 4.69) is 20.9 Å². The van der Waals surface area contributed by atoms with Crippen LogP contribution in [-0.2, 0) is 16.9 Å². The van der Waals surface area contributed by atoms with Gasteiger partial charge >= 0.3 is 0 Å². The zero-order chi connectivity index (χ0) is 20.2. The summed E-state index contributed by atoms with van der Waals surface area (Å²) in [6, 6.07) is 5.91. The van der Waals surface area contributed by atoms with Gasteiger partial charge in [0.05, 0.1) is 16.7 Å². The number of halogens is 3. The Hall–Kier alpha value is -2.55. The molecule has 0 saturated carbocycles. The lowest BCUT2D eigenvalue weighted by Crippen LogP contribution is -2.36. The summed E-state index contributed by atoms with van der Waals surface area (Å²) in [6.07, 6.45) is 2.72. The summed E-state index contributed by atoms with van der Waals surface area (Å²) in [4.78, 5) is 27.9. The summed E-state index contributed by atoms with van der Waals surface area (Å²) < 4.78 is 28.2. The van der Waals surface area contributed by atoms with Gasteiger partial charge in [0.15, 0.2) is 12.2 Å². The fourth-order valence-electron chi connectivity index (χ4n) is 2.63. The van der Waals surface area contributed by atoms with Crippen molar-refractivity contribution in [2.75, 3.05) is 13.7 Å². The molecule has 27 heavy (non-hydrogen) atoms. The highest BCUT2D eigenvalue weighted by Crippen LogP contribution is 2.36. The van der Waals surface area contributed by atoms with Crippen LogP contribution < -0.4 is 5.73 Å². The number of carbonyl (C=O) groups excluding carboxylic acids is 2. The number of hydrogen-bond acceptors (Lipinski definition) is 3. The Morgan fingerprint density at radius 1 is 1.37 bits per heavy atom. The van der Waals surface area contributed by atoms with E-state index in [0.717, 1.165) is 4.90 Å². The molecule has 0 saturated heterocycles. The summed E-state index contributed by atoms with van der Waals surface area (Å²) in [6.45, 7) is 1.07. The number of aryl methyl sites for hydroxylation is 1. The van der Waals surface area contributed by atoms with Crippen LogP contribution in [0.2, 0.25) is 0 Å². The van der Waals surface area contributed by atoms with Crippen LogP contribution in [-0.4, -0.2) is 41.8 Å². The van der Waals surface area contributed by atoms with Gasteiger partial charge in [-0.1, -0.05) is 6.07 Å². The number of amides is 1. The van der Waals surface area contributed by atoms with Crippen molar-refractivity contribution in [2.45, 2.75) is 19.0 Å². The largest absolute Gasteiger partial charge is 0.369 e. The molecular weight excluding hydrogens is 422 g/mol. The minimum atomic E-state index is -1.16. The summed E-state index contributed by atoms with van der Waals surface area (Å²) >= 11 is 3.15. The fraction of sp³-hybridized carbons (Fsp3) is 0.278. The molecule has 0 aliphatic carbocycles. The summed E-state index contributed by atoms with van der Waals surface area (Å²) in [5.41, 5.74) is 6.13. The van der Waals surface area contributed by atoms with Crippen molar-refractivity contribution < 1.29 is 18.4 Å². The Morgan fingerprint density at radius 3 is 2.63 bits per heavy atom. The lowest BCUT2D eigenvalue weighted by Gasteiger charge is -2.27. The first-order valence-electron chi connectivity index (χ1n) is 7.97. The number of rotatable bonds is 7. The quantitative estimate of drug-likeness (QED) is 0.408. The van der Waals surface area contributed by atoms with Crippen molar-refractivity contribution in [1.29, 1.82) is 0 Å². The lowest BCUT2D eigenvalue weighted by molar-refractivity contribution is -0.114. The van der Waals surface area contributed by atoms with Crippen LogP contribution in [0, 0.1) is 5.82 Å². The van der Waals surface area contributed by atoms with E-state index in [1.54, 1.807) is 25.3 Å². The molecular formula is C18H19BrF2N4O2. The van der Waals surface area contributed by atoms with Crippen LogP contribution in [0.3, 0.4) is 0 Å². The molecule has 1 atom stereocenters. The summed E-state index contributed by atoms with van der Waals surface area (Å²) in [7, 11) is 1.44.